The van der Waals surface area contributed by atoms with Crippen molar-refractivity contribution in [2.45, 2.75) is 25.7 Å². The molecule has 0 aliphatic carbocycles. The highest BCUT2D eigenvalue weighted by Crippen LogP contribution is 2.30. The molecule has 0 N–H and O–H groups in total. The zero-order valence-electron chi connectivity index (χ0n) is 12.3. The predicted octanol–water partition coefficient (Wildman–Crippen LogP) is 3.47. The largest absolute Gasteiger partial charge is 0.343 e. The molecule has 0 bridgehead atoms. The van der Waals surface area contributed by atoms with E-state index in [1.807, 2.05) is 29.3 Å². The highest BCUT2D eigenvalue weighted by molar-refractivity contribution is 5.73. The number of aromatic nitrogens is 1. The maximum Gasteiger partial charge on any atom is 0.219 e. The standard InChI is InChI=1S/C18H20N2O/c1-14(21)20-11-8-15(9-12-20)16-5-4-6-17(13-16)18-7-2-3-10-19-18/h2-7,10,13,15H,8-9,11-12H2,1H3. The molecule has 3 rings (SSSR count). The van der Waals surface area contributed by atoms with Crippen LogP contribution in [-0.4, -0.2) is 28.9 Å². The molecule has 1 amide bonds. The molecule has 0 spiro atoms. The van der Waals surface area contributed by atoms with Crippen molar-refractivity contribution in [3.8, 4) is 11.3 Å². The highest BCUT2D eigenvalue weighted by Gasteiger charge is 2.22. The van der Waals surface area contributed by atoms with Gasteiger partial charge in [0.2, 0.25) is 5.91 Å². The van der Waals surface area contributed by atoms with Crippen molar-refractivity contribution in [3.63, 3.8) is 0 Å². The summed E-state index contributed by atoms with van der Waals surface area (Å²) in [6, 6.07) is 14.6. The molecule has 3 nitrogen and oxygen atoms in total. The third-order valence-electron chi connectivity index (χ3n) is 4.26. The maximum absolute atomic E-state index is 11.4. The van der Waals surface area contributed by atoms with E-state index in [0.717, 1.165) is 31.6 Å². The number of rotatable bonds is 2. The molecule has 1 aromatic heterocycles. The van der Waals surface area contributed by atoms with E-state index in [0.29, 0.717) is 5.92 Å². The first-order valence-corrected chi connectivity index (χ1v) is 7.51. The van der Waals surface area contributed by atoms with E-state index < -0.39 is 0 Å². The SMILES string of the molecule is CC(=O)N1CCC(c2cccc(-c3ccccn3)c2)CC1. The Morgan fingerprint density at radius 3 is 2.62 bits per heavy atom. The van der Waals surface area contributed by atoms with Gasteiger partial charge in [-0.3, -0.25) is 9.78 Å². The molecule has 0 atom stereocenters. The summed E-state index contributed by atoms with van der Waals surface area (Å²) in [4.78, 5) is 17.8. The van der Waals surface area contributed by atoms with Crippen molar-refractivity contribution in [2.24, 2.45) is 0 Å². The van der Waals surface area contributed by atoms with Crippen LogP contribution in [0.1, 0.15) is 31.2 Å². The fraction of sp³-hybridized carbons (Fsp3) is 0.333. The van der Waals surface area contributed by atoms with Gasteiger partial charge in [-0.25, -0.2) is 0 Å². The van der Waals surface area contributed by atoms with Gasteiger partial charge in [-0.15, -0.1) is 0 Å². The van der Waals surface area contributed by atoms with Gasteiger partial charge in [0.1, 0.15) is 0 Å². The quantitative estimate of drug-likeness (QED) is 0.844. The number of benzene rings is 1. The van der Waals surface area contributed by atoms with Crippen LogP contribution in [0.2, 0.25) is 0 Å². The van der Waals surface area contributed by atoms with Crippen molar-refractivity contribution in [3.05, 3.63) is 54.2 Å². The number of carbonyl (C=O) groups is 1. The zero-order valence-corrected chi connectivity index (χ0v) is 12.3. The van der Waals surface area contributed by atoms with Gasteiger partial charge in [-0.1, -0.05) is 24.3 Å². The summed E-state index contributed by atoms with van der Waals surface area (Å²) in [5.41, 5.74) is 3.55. The van der Waals surface area contributed by atoms with E-state index in [1.165, 1.54) is 11.1 Å². The van der Waals surface area contributed by atoms with Crippen LogP contribution in [-0.2, 0) is 4.79 Å². The fourth-order valence-electron chi connectivity index (χ4n) is 3.01. The predicted molar refractivity (Wildman–Crippen MR) is 83.9 cm³/mol. The lowest BCUT2D eigenvalue weighted by molar-refractivity contribution is -0.129. The molecule has 2 heterocycles. The number of amides is 1. The average Bonchev–Trinajstić information content (AvgIpc) is 2.56. The van der Waals surface area contributed by atoms with Gasteiger partial charge >= 0.3 is 0 Å². The van der Waals surface area contributed by atoms with Crippen molar-refractivity contribution in [1.82, 2.24) is 9.88 Å². The normalized spacial score (nSPS) is 16.0. The van der Waals surface area contributed by atoms with Gasteiger partial charge in [-0.2, -0.15) is 0 Å². The van der Waals surface area contributed by atoms with Crippen LogP contribution >= 0.6 is 0 Å². The fourth-order valence-corrected chi connectivity index (χ4v) is 3.01. The molecule has 108 valence electrons. The maximum atomic E-state index is 11.4. The summed E-state index contributed by atoms with van der Waals surface area (Å²) in [5.74, 6) is 0.736. The first-order chi connectivity index (χ1) is 10.2. The summed E-state index contributed by atoms with van der Waals surface area (Å²) >= 11 is 0. The Kier molecular flexibility index (Phi) is 4.00. The van der Waals surface area contributed by atoms with Crippen LogP contribution < -0.4 is 0 Å². The monoisotopic (exact) mass is 280 g/mol. The minimum Gasteiger partial charge on any atom is -0.343 e. The number of hydrogen-bond acceptors (Lipinski definition) is 2. The minimum absolute atomic E-state index is 0.190. The second-order valence-corrected chi connectivity index (χ2v) is 5.62. The van der Waals surface area contributed by atoms with E-state index in [1.54, 1.807) is 6.92 Å². The molecule has 1 aliphatic heterocycles. The number of pyridine rings is 1. The Bertz CT molecular complexity index is 616. The summed E-state index contributed by atoms with van der Waals surface area (Å²) in [7, 11) is 0. The second-order valence-electron chi connectivity index (χ2n) is 5.62. The summed E-state index contributed by atoms with van der Waals surface area (Å²) < 4.78 is 0. The van der Waals surface area contributed by atoms with Gasteiger partial charge < -0.3 is 4.90 Å². The first kappa shape index (κ1) is 13.8. The Balaban J connectivity index is 1.77. The molecule has 0 saturated carbocycles. The van der Waals surface area contributed by atoms with Gasteiger partial charge in [0.15, 0.2) is 0 Å². The zero-order chi connectivity index (χ0) is 14.7. The molecule has 0 radical (unpaired) electrons. The Morgan fingerprint density at radius 2 is 1.95 bits per heavy atom. The molecule has 0 unspecified atom stereocenters. The molecule has 1 aliphatic rings. The Hall–Kier alpha value is -2.16. The van der Waals surface area contributed by atoms with Crippen molar-refractivity contribution < 1.29 is 4.79 Å². The molecule has 1 saturated heterocycles. The van der Waals surface area contributed by atoms with Crippen LogP contribution in [0, 0.1) is 0 Å². The smallest absolute Gasteiger partial charge is 0.219 e. The van der Waals surface area contributed by atoms with Crippen LogP contribution in [0.5, 0.6) is 0 Å². The van der Waals surface area contributed by atoms with Crippen molar-refractivity contribution >= 4 is 5.91 Å². The van der Waals surface area contributed by atoms with E-state index in [4.69, 9.17) is 0 Å². The van der Waals surface area contributed by atoms with Crippen LogP contribution in [0.3, 0.4) is 0 Å². The number of carbonyl (C=O) groups excluding carboxylic acids is 1. The Morgan fingerprint density at radius 1 is 1.14 bits per heavy atom. The number of hydrogen-bond donors (Lipinski definition) is 0. The van der Waals surface area contributed by atoms with E-state index >= 15 is 0 Å². The highest BCUT2D eigenvalue weighted by atomic mass is 16.2. The molecule has 3 heteroatoms. The van der Waals surface area contributed by atoms with E-state index in [-0.39, 0.29) is 5.91 Å². The number of piperidine rings is 1. The average molecular weight is 280 g/mol. The summed E-state index contributed by atoms with van der Waals surface area (Å²) in [6.07, 6.45) is 3.92. The third kappa shape index (κ3) is 3.13. The van der Waals surface area contributed by atoms with E-state index in [2.05, 4.69) is 29.2 Å². The van der Waals surface area contributed by atoms with E-state index in [9.17, 15) is 4.79 Å². The lowest BCUT2D eigenvalue weighted by atomic mass is 9.88. The minimum atomic E-state index is 0.190. The topological polar surface area (TPSA) is 33.2 Å². The van der Waals surface area contributed by atoms with Crippen LogP contribution in [0.4, 0.5) is 0 Å². The van der Waals surface area contributed by atoms with Gasteiger partial charge in [0, 0.05) is 31.8 Å². The van der Waals surface area contributed by atoms with Gasteiger partial charge in [0.25, 0.3) is 0 Å². The Labute approximate surface area is 125 Å². The van der Waals surface area contributed by atoms with Gasteiger partial charge in [0.05, 0.1) is 5.69 Å². The molecular weight excluding hydrogens is 260 g/mol. The summed E-state index contributed by atoms with van der Waals surface area (Å²) in [5, 5.41) is 0. The lowest BCUT2D eigenvalue weighted by Gasteiger charge is -2.31. The van der Waals surface area contributed by atoms with Crippen molar-refractivity contribution in [2.75, 3.05) is 13.1 Å². The molecule has 21 heavy (non-hydrogen) atoms. The molecule has 1 fully saturated rings. The second kappa shape index (κ2) is 6.08. The lowest BCUT2D eigenvalue weighted by Crippen LogP contribution is -2.36. The summed E-state index contributed by atoms with van der Waals surface area (Å²) in [6.45, 7) is 3.39. The van der Waals surface area contributed by atoms with Gasteiger partial charge in [-0.05, 0) is 42.5 Å². The molecule has 1 aromatic carbocycles. The van der Waals surface area contributed by atoms with Crippen LogP contribution in [0.25, 0.3) is 11.3 Å². The van der Waals surface area contributed by atoms with Crippen LogP contribution in [0.15, 0.2) is 48.7 Å². The third-order valence-corrected chi connectivity index (χ3v) is 4.26. The first-order valence-electron chi connectivity index (χ1n) is 7.51. The molecular formula is C18H20N2O. The number of nitrogens with zero attached hydrogens (tertiary/aromatic N) is 2. The number of likely N-dealkylation sites (tertiary alicyclic amines) is 1. The van der Waals surface area contributed by atoms with Crippen molar-refractivity contribution in [1.29, 1.82) is 0 Å². The molecule has 2 aromatic rings.